The standard InChI is InChI=1S/C23H39N3O3/c1-24-12-10-18-5-8-21(16-19(18)11-13-24)26-15-14-25(23(26)29)20-6-2-17(3-7-20)4-9-22(27)28/h17-21H,2-16H2,1H3,(H,27,28). The molecule has 4 rings (SSSR count). The van der Waals surface area contributed by atoms with Crippen molar-refractivity contribution in [2.24, 2.45) is 17.8 Å². The third-order valence-corrected chi connectivity index (χ3v) is 8.41. The lowest BCUT2D eigenvalue weighted by molar-refractivity contribution is -0.137. The van der Waals surface area contributed by atoms with Crippen molar-refractivity contribution in [2.45, 2.75) is 82.7 Å². The minimum atomic E-state index is -0.687. The molecule has 1 N–H and O–H groups in total. The number of hydrogen-bond acceptors (Lipinski definition) is 3. The number of aliphatic carboxylic acids is 1. The Morgan fingerprint density at radius 1 is 0.862 bits per heavy atom. The van der Waals surface area contributed by atoms with Crippen LogP contribution < -0.4 is 0 Å². The van der Waals surface area contributed by atoms with Crippen molar-refractivity contribution >= 4 is 12.0 Å². The number of urea groups is 1. The Bertz CT molecular complexity index is 590. The van der Waals surface area contributed by atoms with E-state index in [2.05, 4.69) is 21.7 Å². The van der Waals surface area contributed by atoms with Gasteiger partial charge in [0.2, 0.25) is 0 Å². The van der Waals surface area contributed by atoms with Gasteiger partial charge < -0.3 is 19.8 Å². The molecule has 2 amide bonds. The van der Waals surface area contributed by atoms with E-state index in [0.29, 0.717) is 18.0 Å². The summed E-state index contributed by atoms with van der Waals surface area (Å²) < 4.78 is 0. The smallest absolute Gasteiger partial charge is 0.320 e. The van der Waals surface area contributed by atoms with Crippen molar-refractivity contribution < 1.29 is 14.7 Å². The molecule has 6 heteroatoms. The summed E-state index contributed by atoms with van der Waals surface area (Å²) in [6.45, 7) is 4.23. The molecular formula is C23H39N3O3. The van der Waals surface area contributed by atoms with Crippen LogP contribution in [0.1, 0.15) is 70.6 Å². The Morgan fingerprint density at radius 2 is 1.48 bits per heavy atom. The number of carbonyl (C=O) groups excluding carboxylic acids is 1. The zero-order valence-electron chi connectivity index (χ0n) is 18.1. The second kappa shape index (κ2) is 9.23. The quantitative estimate of drug-likeness (QED) is 0.758. The Balaban J connectivity index is 1.28. The van der Waals surface area contributed by atoms with Gasteiger partial charge >= 0.3 is 12.0 Å². The van der Waals surface area contributed by atoms with Gasteiger partial charge in [-0.3, -0.25) is 4.79 Å². The minimum absolute atomic E-state index is 0.283. The monoisotopic (exact) mass is 405 g/mol. The minimum Gasteiger partial charge on any atom is -0.481 e. The lowest BCUT2D eigenvalue weighted by Crippen LogP contribution is -2.46. The Morgan fingerprint density at radius 3 is 2.17 bits per heavy atom. The van der Waals surface area contributed by atoms with Crippen molar-refractivity contribution in [3.8, 4) is 0 Å². The van der Waals surface area contributed by atoms with Crippen LogP contribution in [0.2, 0.25) is 0 Å². The lowest BCUT2D eigenvalue weighted by Gasteiger charge is -2.40. The molecule has 2 aliphatic heterocycles. The van der Waals surface area contributed by atoms with Gasteiger partial charge in [-0.05, 0) is 102 Å². The molecule has 2 saturated heterocycles. The topological polar surface area (TPSA) is 64.1 Å². The number of carboxylic acids is 1. The number of nitrogens with zero attached hydrogens (tertiary/aromatic N) is 3. The van der Waals surface area contributed by atoms with Crippen LogP contribution in [0.5, 0.6) is 0 Å². The maximum absolute atomic E-state index is 13.2. The molecule has 29 heavy (non-hydrogen) atoms. The summed E-state index contributed by atoms with van der Waals surface area (Å²) >= 11 is 0. The first-order chi connectivity index (χ1) is 14.0. The van der Waals surface area contributed by atoms with Crippen molar-refractivity contribution in [3.63, 3.8) is 0 Å². The molecule has 2 saturated carbocycles. The van der Waals surface area contributed by atoms with Crippen molar-refractivity contribution in [3.05, 3.63) is 0 Å². The van der Waals surface area contributed by atoms with E-state index in [9.17, 15) is 9.59 Å². The number of rotatable bonds is 5. The summed E-state index contributed by atoms with van der Waals surface area (Å²) in [7, 11) is 2.24. The van der Waals surface area contributed by atoms with Crippen molar-refractivity contribution in [1.29, 1.82) is 0 Å². The number of fused-ring (bicyclic) bond motifs is 1. The van der Waals surface area contributed by atoms with E-state index in [1.165, 1.54) is 45.2 Å². The number of carboxylic acid groups (broad SMARTS) is 1. The summed E-state index contributed by atoms with van der Waals surface area (Å²) in [5, 5.41) is 8.90. The zero-order chi connectivity index (χ0) is 20.4. The number of likely N-dealkylation sites (tertiary alicyclic amines) is 1. The van der Waals surface area contributed by atoms with Gasteiger partial charge in [0.15, 0.2) is 0 Å². The average molecular weight is 406 g/mol. The van der Waals surface area contributed by atoms with Crippen LogP contribution >= 0.6 is 0 Å². The Kier molecular flexibility index (Phi) is 6.67. The predicted molar refractivity (Wildman–Crippen MR) is 113 cm³/mol. The fourth-order valence-electron chi connectivity index (χ4n) is 6.52. The fourth-order valence-corrected chi connectivity index (χ4v) is 6.52. The van der Waals surface area contributed by atoms with Gasteiger partial charge in [0.25, 0.3) is 0 Å². The van der Waals surface area contributed by atoms with Gasteiger partial charge in [0.05, 0.1) is 0 Å². The van der Waals surface area contributed by atoms with Crippen LogP contribution in [0.3, 0.4) is 0 Å². The predicted octanol–water partition coefficient (Wildman–Crippen LogP) is 3.66. The third-order valence-electron chi connectivity index (χ3n) is 8.41. The highest BCUT2D eigenvalue weighted by molar-refractivity contribution is 5.77. The second-order valence-corrected chi connectivity index (χ2v) is 10.1. The molecule has 0 bridgehead atoms. The molecule has 3 atom stereocenters. The highest BCUT2D eigenvalue weighted by Crippen LogP contribution is 2.40. The summed E-state index contributed by atoms with van der Waals surface area (Å²) in [4.78, 5) is 30.9. The molecule has 0 radical (unpaired) electrons. The summed E-state index contributed by atoms with van der Waals surface area (Å²) in [6.07, 6.45) is 11.6. The molecule has 3 unspecified atom stereocenters. The Hall–Kier alpha value is -1.30. The third kappa shape index (κ3) is 4.89. The number of amides is 2. The van der Waals surface area contributed by atoms with Crippen LogP contribution in [0.4, 0.5) is 4.79 Å². The van der Waals surface area contributed by atoms with Gasteiger partial charge in [-0.2, -0.15) is 0 Å². The van der Waals surface area contributed by atoms with E-state index < -0.39 is 5.97 Å². The first kappa shape index (κ1) is 21.0. The van der Waals surface area contributed by atoms with Crippen LogP contribution in [-0.4, -0.2) is 77.1 Å². The normalized spacial score (nSPS) is 36.7. The van der Waals surface area contributed by atoms with E-state index >= 15 is 0 Å². The van der Waals surface area contributed by atoms with E-state index in [1.54, 1.807) is 0 Å². The maximum Gasteiger partial charge on any atom is 0.320 e. The molecule has 0 spiro atoms. The zero-order valence-corrected chi connectivity index (χ0v) is 18.1. The van der Waals surface area contributed by atoms with Gasteiger partial charge in [0.1, 0.15) is 0 Å². The summed E-state index contributed by atoms with van der Waals surface area (Å²) in [6, 6.07) is 1.11. The average Bonchev–Trinajstić information content (AvgIpc) is 3.00. The maximum atomic E-state index is 13.2. The van der Waals surface area contributed by atoms with E-state index in [0.717, 1.165) is 57.0 Å². The fraction of sp³-hybridized carbons (Fsp3) is 0.913. The first-order valence-electron chi connectivity index (χ1n) is 12.0. The van der Waals surface area contributed by atoms with E-state index in [1.807, 2.05) is 0 Å². The number of carbonyl (C=O) groups is 2. The van der Waals surface area contributed by atoms with E-state index in [4.69, 9.17) is 5.11 Å². The van der Waals surface area contributed by atoms with Gasteiger partial charge in [-0.25, -0.2) is 4.79 Å². The van der Waals surface area contributed by atoms with E-state index in [-0.39, 0.29) is 12.5 Å². The van der Waals surface area contributed by atoms with Crippen molar-refractivity contribution in [2.75, 3.05) is 33.2 Å². The molecule has 6 nitrogen and oxygen atoms in total. The SMILES string of the molecule is CN1CCC2CCC(N3CCN(C4CCC(CCC(=O)O)CC4)C3=O)CC2CC1. The Labute approximate surface area is 175 Å². The molecule has 0 aromatic rings. The summed E-state index contributed by atoms with van der Waals surface area (Å²) in [5.41, 5.74) is 0. The van der Waals surface area contributed by atoms with Gasteiger partial charge in [-0.1, -0.05) is 0 Å². The van der Waals surface area contributed by atoms with Crippen molar-refractivity contribution in [1.82, 2.24) is 14.7 Å². The molecule has 2 aliphatic carbocycles. The van der Waals surface area contributed by atoms with Gasteiger partial charge in [-0.15, -0.1) is 0 Å². The molecule has 0 aromatic heterocycles. The molecule has 4 aliphatic rings. The highest BCUT2D eigenvalue weighted by Gasteiger charge is 2.41. The van der Waals surface area contributed by atoms with Gasteiger partial charge in [0, 0.05) is 31.6 Å². The molecule has 2 heterocycles. The first-order valence-corrected chi connectivity index (χ1v) is 12.0. The van der Waals surface area contributed by atoms with Crippen LogP contribution in [0.25, 0.3) is 0 Å². The molecule has 4 fully saturated rings. The summed E-state index contributed by atoms with van der Waals surface area (Å²) in [5.74, 6) is 1.50. The highest BCUT2D eigenvalue weighted by atomic mass is 16.4. The molecule has 0 aromatic carbocycles. The van der Waals surface area contributed by atoms with Crippen LogP contribution in [0.15, 0.2) is 0 Å². The largest absolute Gasteiger partial charge is 0.481 e. The van der Waals surface area contributed by atoms with Crippen LogP contribution in [-0.2, 0) is 4.79 Å². The molecule has 164 valence electrons. The second-order valence-electron chi connectivity index (χ2n) is 10.1. The lowest BCUT2D eigenvalue weighted by atomic mass is 9.74. The number of hydrogen-bond donors (Lipinski definition) is 1. The molecular weight excluding hydrogens is 366 g/mol. The van der Waals surface area contributed by atoms with Crippen LogP contribution in [0, 0.1) is 17.8 Å².